The summed E-state index contributed by atoms with van der Waals surface area (Å²) < 4.78 is 39.0. The highest BCUT2D eigenvalue weighted by Crippen LogP contribution is 2.65. The largest absolute Gasteiger partial charge is 0.267 e. The van der Waals surface area contributed by atoms with Crippen LogP contribution in [0.4, 0.5) is 10.1 Å². The lowest BCUT2D eigenvalue weighted by molar-refractivity contribution is 0.451. The van der Waals surface area contributed by atoms with Crippen LogP contribution >= 0.6 is 0 Å². The van der Waals surface area contributed by atoms with Crippen molar-refractivity contribution in [2.24, 2.45) is 11.3 Å². The monoisotopic (exact) mass is 297 g/mol. The molecule has 1 aromatic carbocycles. The van der Waals surface area contributed by atoms with Crippen LogP contribution in [0.25, 0.3) is 0 Å². The van der Waals surface area contributed by atoms with Gasteiger partial charge in [-0.25, -0.2) is 12.8 Å². The Morgan fingerprint density at radius 2 is 2.15 bits per heavy atom. The smallest absolute Gasteiger partial charge is 0.232 e. The predicted molar refractivity (Wildman–Crippen MR) is 77.6 cm³/mol. The van der Waals surface area contributed by atoms with Crippen molar-refractivity contribution in [2.75, 3.05) is 17.1 Å². The summed E-state index contributed by atoms with van der Waals surface area (Å²) in [6.45, 7) is 0.385. The molecule has 0 amide bonds. The number of fused-ring (bicyclic) bond motifs is 1. The average Bonchev–Trinajstić information content (AvgIpc) is 2.91. The van der Waals surface area contributed by atoms with Gasteiger partial charge in [0.05, 0.1) is 11.9 Å². The Balaban J connectivity index is 1.79. The molecule has 0 unspecified atom stereocenters. The van der Waals surface area contributed by atoms with Crippen LogP contribution in [0, 0.1) is 17.2 Å². The number of hydrogen-bond donors (Lipinski definition) is 0. The van der Waals surface area contributed by atoms with Gasteiger partial charge in [0.1, 0.15) is 5.82 Å². The van der Waals surface area contributed by atoms with E-state index in [4.69, 9.17) is 0 Å². The number of para-hydroxylation sites is 1. The summed E-state index contributed by atoms with van der Waals surface area (Å²) in [5.41, 5.74) is 0.523. The highest BCUT2D eigenvalue weighted by atomic mass is 32.2. The number of halogens is 1. The summed E-state index contributed by atoms with van der Waals surface area (Å²) in [4.78, 5) is 0. The molecular formula is C15H20FNO2S. The van der Waals surface area contributed by atoms with Crippen molar-refractivity contribution in [3.05, 3.63) is 30.1 Å². The molecule has 0 bridgehead atoms. The van der Waals surface area contributed by atoms with E-state index in [1.165, 1.54) is 42.1 Å². The minimum absolute atomic E-state index is 0.168. The van der Waals surface area contributed by atoms with Gasteiger partial charge in [-0.15, -0.1) is 0 Å². The minimum atomic E-state index is -3.45. The summed E-state index contributed by atoms with van der Waals surface area (Å²) in [6, 6.07) is 6.09. The maximum Gasteiger partial charge on any atom is 0.232 e. The molecule has 2 aliphatic rings. The minimum Gasteiger partial charge on any atom is -0.267 e. The molecule has 0 radical (unpaired) electrons. The molecule has 3 nitrogen and oxygen atoms in total. The predicted octanol–water partition coefficient (Wildman–Crippen LogP) is 3.17. The third kappa shape index (κ3) is 2.43. The highest BCUT2D eigenvalue weighted by molar-refractivity contribution is 7.92. The van der Waals surface area contributed by atoms with Gasteiger partial charge < -0.3 is 0 Å². The zero-order valence-corrected chi connectivity index (χ0v) is 12.5. The number of rotatable bonds is 5. The normalized spacial score (nSPS) is 28.2. The fraction of sp³-hybridized carbons (Fsp3) is 0.600. The molecule has 0 aromatic heterocycles. The van der Waals surface area contributed by atoms with Crippen molar-refractivity contribution < 1.29 is 12.8 Å². The van der Waals surface area contributed by atoms with E-state index in [9.17, 15) is 12.8 Å². The standard InChI is InChI=1S/C15H20FNO2S/c1-20(18,19)17(14-7-3-2-6-13(14)16)10-9-15-8-4-5-12(15)11-15/h2-3,6-7,12H,4-5,8-11H2,1H3/t12-,15-/m1/s1. The van der Waals surface area contributed by atoms with Gasteiger partial charge in [-0.05, 0) is 49.1 Å². The van der Waals surface area contributed by atoms with E-state index in [1.54, 1.807) is 12.1 Å². The second-order valence-corrected chi connectivity index (χ2v) is 8.10. The molecule has 2 fully saturated rings. The first-order valence-corrected chi connectivity index (χ1v) is 8.99. The van der Waals surface area contributed by atoms with Crippen LogP contribution in [0.5, 0.6) is 0 Å². The van der Waals surface area contributed by atoms with Crippen molar-refractivity contribution in [1.29, 1.82) is 0 Å². The Hall–Kier alpha value is -1.10. The highest BCUT2D eigenvalue weighted by Gasteiger charge is 2.56. The first-order valence-electron chi connectivity index (χ1n) is 7.15. The number of nitrogens with zero attached hydrogens (tertiary/aromatic N) is 1. The molecule has 5 heteroatoms. The summed E-state index contributed by atoms with van der Waals surface area (Å²) in [7, 11) is -3.45. The molecule has 0 aliphatic heterocycles. The Labute approximate surface area is 119 Å². The van der Waals surface area contributed by atoms with Gasteiger partial charge in [-0.3, -0.25) is 4.31 Å². The molecule has 0 N–H and O–H groups in total. The average molecular weight is 297 g/mol. The topological polar surface area (TPSA) is 37.4 Å². The molecule has 3 rings (SSSR count). The SMILES string of the molecule is CS(=O)(=O)N(CC[C@@]12CCC[C@@H]1C2)c1ccccc1F. The van der Waals surface area contributed by atoms with E-state index in [-0.39, 0.29) is 5.69 Å². The van der Waals surface area contributed by atoms with Crippen molar-refractivity contribution in [1.82, 2.24) is 0 Å². The van der Waals surface area contributed by atoms with E-state index >= 15 is 0 Å². The molecule has 2 saturated carbocycles. The second-order valence-electron chi connectivity index (χ2n) is 6.19. The lowest BCUT2D eigenvalue weighted by Crippen LogP contribution is -2.33. The van der Waals surface area contributed by atoms with Gasteiger partial charge in [-0.1, -0.05) is 18.6 Å². The van der Waals surface area contributed by atoms with E-state index in [0.717, 1.165) is 18.6 Å². The fourth-order valence-electron chi connectivity index (χ4n) is 3.72. The second kappa shape index (κ2) is 4.72. The number of sulfonamides is 1. The van der Waals surface area contributed by atoms with Crippen molar-refractivity contribution in [3.63, 3.8) is 0 Å². The molecule has 2 atom stereocenters. The van der Waals surface area contributed by atoms with Crippen LogP contribution < -0.4 is 4.31 Å². The maximum atomic E-state index is 13.9. The lowest BCUT2D eigenvalue weighted by Gasteiger charge is -2.25. The number of anilines is 1. The molecule has 20 heavy (non-hydrogen) atoms. The molecule has 0 saturated heterocycles. The van der Waals surface area contributed by atoms with Crippen molar-refractivity contribution >= 4 is 15.7 Å². The molecule has 0 spiro atoms. The summed E-state index contributed by atoms with van der Waals surface area (Å²) in [5, 5.41) is 0. The fourth-order valence-corrected chi connectivity index (χ4v) is 4.65. The van der Waals surface area contributed by atoms with Gasteiger partial charge in [0.25, 0.3) is 0 Å². The zero-order chi connectivity index (χ0) is 14.4. The van der Waals surface area contributed by atoms with E-state index < -0.39 is 15.8 Å². The molecule has 0 heterocycles. The third-order valence-corrected chi connectivity index (χ3v) is 6.10. The van der Waals surface area contributed by atoms with E-state index in [1.807, 2.05) is 0 Å². The Morgan fingerprint density at radius 1 is 1.40 bits per heavy atom. The molecule has 1 aromatic rings. The van der Waals surface area contributed by atoms with Crippen LogP contribution in [0.15, 0.2) is 24.3 Å². The first kappa shape index (κ1) is 13.9. The van der Waals surface area contributed by atoms with Crippen molar-refractivity contribution in [2.45, 2.75) is 32.1 Å². The van der Waals surface area contributed by atoms with Gasteiger partial charge in [-0.2, -0.15) is 0 Å². The molecular weight excluding hydrogens is 277 g/mol. The van der Waals surface area contributed by atoms with Crippen LogP contribution in [-0.4, -0.2) is 21.2 Å². The summed E-state index contributed by atoms with van der Waals surface area (Å²) >= 11 is 0. The molecule has 2 aliphatic carbocycles. The Kier molecular flexibility index (Phi) is 3.27. The van der Waals surface area contributed by atoms with Crippen LogP contribution in [0.1, 0.15) is 32.1 Å². The van der Waals surface area contributed by atoms with E-state index in [0.29, 0.717) is 12.0 Å². The van der Waals surface area contributed by atoms with Crippen LogP contribution in [0.3, 0.4) is 0 Å². The lowest BCUT2D eigenvalue weighted by atomic mass is 9.99. The maximum absolute atomic E-state index is 13.9. The van der Waals surface area contributed by atoms with Gasteiger partial charge >= 0.3 is 0 Å². The van der Waals surface area contributed by atoms with Crippen LogP contribution in [-0.2, 0) is 10.0 Å². The third-order valence-electron chi connectivity index (χ3n) is 4.92. The first-order chi connectivity index (χ1) is 9.42. The quantitative estimate of drug-likeness (QED) is 0.837. The van der Waals surface area contributed by atoms with Gasteiger partial charge in [0.15, 0.2) is 0 Å². The molecule has 110 valence electrons. The van der Waals surface area contributed by atoms with Crippen LogP contribution in [0.2, 0.25) is 0 Å². The zero-order valence-electron chi connectivity index (χ0n) is 11.7. The van der Waals surface area contributed by atoms with Crippen molar-refractivity contribution in [3.8, 4) is 0 Å². The number of benzene rings is 1. The summed E-state index contributed by atoms with van der Waals surface area (Å²) in [6.07, 6.45) is 6.95. The van der Waals surface area contributed by atoms with E-state index in [2.05, 4.69) is 0 Å². The Morgan fingerprint density at radius 3 is 2.70 bits per heavy atom. The van der Waals surface area contributed by atoms with Gasteiger partial charge in [0.2, 0.25) is 10.0 Å². The van der Waals surface area contributed by atoms with Gasteiger partial charge in [0, 0.05) is 6.54 Å². The summed E-state index contributed by atoms with van der Waals surface area (Å²) in [5.74, 6) is 0.304. The Bertz CT molecular complexity index is 616. The number of hydrogen-bond acceptors (Lipinski definition) is 2.